The van der Waals surface area contributed by atoms with Crippen LogP contribution >= 0.6 is 0 Å². The lowest BCUT2D eigenvalue weighted by atomic mass is 9.46. The highest BCUT2D eigenvalue weighted by Gasteiger charge is 2.58. The molecule has 2 aromatic carbocycles. The number of carboxylic acids is 1. The topological polar surface area (TPSA) is 114 Å². The van der Waals surface area contributed by atoms with Crippen molar-refractivity contribution in [2.75, 3.05) is 13.2 Å². The third-order valence-electron chi connectivity index (χ3n) is 10.8. The fourth-order valence-corrected chi connectivity index (χ4v) is 8.93. The lowest BCUT2D eigenvalue weighted by Crippen LogP contribution is -2.58. The van der Waals surface area contributed by atoms with Crippen molar-refractivity contribution in [3.05, 3.63) is 59.7 Å². The van der Waals surface area contributed by atoms with Gasteiger partial charge in [-0.05, 0) is 112 Å². The second kappa shape index (κ2) is 11.9. The Morgan fingerprint density at radius 3 is 2.00 bits per heavy atom. The number of alkyl carbamates (subject to hydrolysis) is 2. The van der Waals surface area contributed by atoms with Crippen molar-refractivity contribution in [2.24, 2.45) is 23.2 Å². The fourth-order valence-electron chi connectivity index (χ4n) is 8.93. The van der Waals surface area contributed by atoms with Crippen molar-refractivity contribution >= 4 is 18.2 Å². The minimum atomic E-state index is -1.11. The van der Waals surface area contributed by atoms with Gasteiger partial charge < -0.3 is 25.2 Å². The van der Waals surface area contributed by atoms with Gasteiger partial charge in [0.2, 0.25) is 0 Å². The molecule has 0 unspecified atom stereocenters. The first-order chi connectivity index (χ1) is 20.6. The molecule has 0 heterocycles. The number of ether oxygens (including phenoxy) is 2. The summed E-state index contributed by atoms with van der Waals surface area (Å²) in [5.74, 6) is 1.13. The lowest BCUT2D eigenvalue weighted by Gasteiger charge is -2.61. The maximum Gasteiger partial charge on any atom is 0.407 e. The number of nitrogens with one attached hydrogen (secondary N) is 2. The first-order valence-corrected chi connectivity index (χ1v) is 16.0. The van der Waals surface area contributed by atoms with Gasteiger partial charge in [-0.15, -0.1) is 0 Å². The quantitative estimate of drug-likeness (QED) is 0.247. The summed E-state index contributed by atoms with van der Waals surface area (Å²) in [5.41, 5.74) is 4.01. The number of carboxylic acid groups (broad SMARTS) is 1. The lowest BCUT2D eigenvalue weighted by molar-refractivity contribution is -0.162. The molecule has 4 saturated carbocycles. The van der Waals surface area contributed by atoms with Gasteiger partial charge in [-0.25, -0.2) is 14.4 Å². The molecule has 7 rings (SSSR count). The molecule has 0 radical (unpaired) electrons. The maximum absolute atomic E-state index is 12.7. The van der Waals surface area contributed by atoms with E-state index in [-0.39, 0.29) is 24.4 Å². The van der Waals surface area contributed by atoms with Gasteiger partial charge in [-0.3, -0.25) is 0 Å². The summed E-state index contributed by atoms with van der Waals surface area (Å²) in [7, 11) is 0. The normalized spacial score (nSPS) is 25.9. The van der Waals surface area contributed by atoms with Gasteiger partial charge in [-0.1, -0.05) is 48.5 Å². The summed E-state index contributed by atoms with van der Waals surface area (Å²) in [5, 5.41) is 15.1. The summed E-state index contributed by atoms with van der Waals surface area (Å²) in [6, 6.07) is 15.0. The molecular weight excluding hydrogens is 544 g/mol. The Bertz CT molecular complexity index is 1290. The molecular formula is C35H44N2O6. The summed E-state index contributed by atoms with van der Waals surface area (Å²) in [4.78, 5) is 37.2. The van der Waals surface area contributed by atoms with Crippen molar-refractivity contribution in [1.29, 1.82) is 0 Å². The van der Waals surface area contributed by atoms with Gasteiger partial charge >= 0.3 is 18.2 Å². The van der Waals surface area contributed by atoms with E-state index in [2.05, 4.69) is 36.6 Å². The van der Waals surface area contributed by atoms with Gasteiger partial charge in [0, 0.05) is 17.9 Å². The molecule has 0 saturated heterocycles. The molecule has 3 N–H and O–H groups in total. The molecule has 0 aliphatic heterocycles. The van der Waals surface area contributed by atoms with Crippen LogP contribution in [0.4, 0.5) is 9.59 Å². The zero-order valence-corrected chi connectivity index (χ0v) is 25.3. The van der Waals surface area contributed by atoms with Crippen LogP contribution < -0.4 is 10.6 Å². The minimum Gasteiger partial charge on any atom is -0.480 e. The van der Waals surface area contributed by atoms with Crippen LogP contribution in [0.15, 0.2) is 48.5 Å². The number of amides is 2. The number of unbranched alkanes of at least 4 members (excludes halogenated alkanes) is 1. The highest BCUT2D eigenvalue weighted by Crippen LogP contribution is 2.64. The van der Waals surface area contributed by atoms with E-state index in [1.807, 2.05) is 36.4 Å². The van der Waals surface area contributed by atoms with Crippen LogP contribution in [-0.4, -0.2) is 48.1 Å². The zero-order chi connectivity index (χ0) is 30.2. The SMILES string of the molecule is CC(C)(OC(=O)NCCCC[C@H](NC(=O)OCC1c2ccccc2-c2ccccc21)C(=O)O)C12CC3CC(CC(C3)C1)C2. The molecule has 8 nitrogen and oxygen atoms in total. The zero-order valence-electron chi connectivity index (χ0n) is 25.3. The van der Waals surface area contributed by atoms with Gasteiger partial charge in [-0.2, -0.15) is 0 Å². The highest BCUT2D eigenvalue weighted by atomic mass is 16.6. The van der Waals surface area contributed by atoms with Crippen molar-refractivity contribution in [3.63, 3.8) is 0 Å². The summed E-state index contributed by atoms with van der Waals surface area (Å²) < 4.78 is 11.6. The summed E-state index contributed by atoms with van der Waals surface area (Å²) in [6.45, 7) is 4.66. The molecule has 4 bridgehead atoms. The number of carbonyl (C=O) groups is 3. The van der Waals surface area contributed by atoms with Crippen molar-refractivity contribution in [2.45, 2.75) is 89.2 Å². The molecule has 2 amide bonds. The number of carbonyl (C=O) groups excluding carboxylic acids is 2. The van der Waals surface area contributed by atoms with E-state index in [4.69, 9.17) is 9.47 Å². The molecule has 0 aromatic heterocycles. The Morgan fingerprint density at radius 1 is 0.884 bits per heavy atom. The fraction of sp³-hybridized carbons (Fsp3) is 0.571. The van der Waals surface area contributed by atoms with E-state index >= 15 is 0 Å². The Labute approximate surface area is 253 Å². The number of hydrogen-bond donors (Lipinski definition) is 3. The van der Waals surface area contributed by atoms with E-state index in [9.17, 15) is 19.5 Å². The number of rotatable bonds is 11. The predicted octanol–water partition coefficient (Wildman–Crippen LogP) is 6.87. The largest absolute Gasteiger partial charge is 0.480 e. The minimum absolute atomic E-state index is 0.0820. The first-order valence-electron chi connectivity index (χ1n) is 16.0. The van der Waals surface area contributed by atoms with E-state index in [1.165, 1.54) is 19.3 Å². The molecule has 0 spiro atoms. The number of benzene rings is 2. The smallest absolute Gasteiger partial charge is 0.407 e. The van der Waals surface area contributed by atoms with Crippen LogP contribution in [0.1, 0.15) is 88.7 Å². The average Bonchev–Trinajstić information content (AvgIpc) is 3.28. The van der Waals surface area contributed by atoms with E-state index < -0.39 is 29.8 Å². The second-order valence-corrected chi connectivity index (χ2v) is 13.9. The van der Waals surface area contributed by atoms with E-state index in [1.54, 1.807) is 0 Å². The van der Waals surface area contributed by atoms with Gasteiger partial charge in [0.25, 0.3) is 0 Å². The predicted molar refractivity (Wildman–Crippen MR) is 163 cm³/mol. The van der Waals surface area contributed by atoms with Gasteiger partial charge in [0.15, 0.2) is 0 Å². The van der Waals surface area contributed by atoms with Crippen LogP contribution in [0, 0.1) is 23.2 Å². The standard InChI is InChI=1S/C35H44N2O6/c1-34(2,35-18-22-15-23(19-35)17-24(16-22)20-35)43-32(40)36-14-8-7-13-30(31(38)39)37-33(41)42-21-29-27-11-5-3-9-25(27)26-10-4-6-12-28(26)29/h3-6,9-12,22-24,29-30H,7-8,13-21H2,1-2H3,(H,36,40)(H,37,41)(H,38,39)/t22?,23?,24?,30-,35?/m0/s1. The third-order valence-corrected chi connectivity index (χ3v) is 10.8. The van der Waals surface area contributed by atoms with E-state index in [0.29, 0.717) is 19.4 Å². The molecule has 4 fully saturated rings. The van der Waals surface area contributed by atoms with Crippen molar-refractivity contribution in [3.8, 4) is 11.1 Å². The Balaban J connectivity index is 0.928. The summed E-state index contributed by atoms with van der Waals surface area (Å²) >= 11 is 0. The van der Waals surface area contributed by atoms with Gasteiger partial charge in [0.05, 0.1) is 0 Å². The molecule has 5 aliphatic carbocycles. The Kier molecular flexibility index (Phi) is 8.14. The molecule has 43 heavy (non-hydrogen) atoms. The number of fused-ring (bicyclic) bond motifs is 3. The monoisotopic (exact) mass is 588 g/mol. The van der Waals surface area contributed by atoms with Crippen LogP contribution in [0.2, 0.25) is 0 Å². The van der Waals surface area contributed by atoms with E-state index in [0.717, 1.165) is 59.3 Å². The molecule has 2 aromatic rings. The van der Waals surface area contributed by atoms with Crippen LogP contribution in [-0.2, 0) is 14.3 Å². The van der Waals surface area contributed by atoms with Crippen LogP contribution in [0.3, 0.4) is 0 Å². The molecule has 8 heteroatoms. The van der Waals surface area contributed by atoms with Crippen molar-refractivity contribution in [1.82, 2.24) is 10.6 Å². The van der Waals surface area contributed by atoms with Crippen LogP contribution in [0.25, 0.3) is 11.1 Å². The Morgan fingerprint density at radius 2 is 1.44 bits per heavy atom. The maximum atomic E-state index is 12.7. The molecule has 230 valence electrons. The van der Waals surface area contributed by atoms with Gasteiger partial charge in [0.1, 0.15) is 18.2 Å². The van der Waals surface area contributed by atoms with Crippen molar-refractivity contribution < 1.29 is 29.0 Å². The summed E-state index contributed by atoms with van der Waals surface area (Å²) in [6.07, 6.45) is 7.66. The third kappa shape index (κ3) is 5.98. The molecule has 5 aliphatic rings. The highest BCUT2D eigenvalue weighted by molar-refractivity contribution is 5.81. The number of aliphatic carboxylic acids is 1. The van der Waals surface area contributed by atoms with Crippen LogP contribution in [0.5, 0.6) is 0 Å². The first kappa shape index (κ1) is 29.5. The number of hydrogen-bond acceptors (Lipinski definition) is 5. The Hall–Kier alpha value is -3.55. The second-order valence-electron chi connectivity index (χ2n) is 13.9. The molecule has 1 atom stereocenters. The average molecular weight is 589 g/mol.